The van der Waals surface area contributed by atoms with E-state index in [2.05, 4.69) is 0 Å². The average Bonchev–Trinajstić information content (AvgIpc) is 2.71. The molecular weight excluding hydrogens is 404 g/mol. The molecule has 0 fully saturated rings. The predicted octanol–water partition coefficient (Wildman–Crippen LogP) is 8.35. The summed E-state index contributed by atoms with van der Waals surface area (Å²) in [5.74, 6) is 0.994. The molecule has 164 valence electrons. The molecule has 0 saturated heterocycles. The van der Waals surface area contributed by atoms with Crippen LogP contribution in [0.2, 0.25) is 0 Å². The van der Waals surface area contributed by atoms with Crippen LogP contribution < -0.4 is 4.74 Å². The van der Waals surface area contributed by atoms with E-state index in [1.165, 1.54) is 26.0 Å². The summed E-state index contributed by atoms with van der Waals surface area (Å²) < 4.78 is 59.2. The van der Waals surface area contributed by atoms with Gasteiger partial charge in [-0.1, -0.05) is 42.5 Å². The number of alkyl halides is 4. The van der Waals surface area contributed by atoms with E-state index in [0.717, 1.165) is 35.6 Å². The first-order valence-electron chi connectivity index (χ1n) is 10.3. The Morgan fingerprint density at radius 1 is 0.774 bits per heavy atom. The standard InChI is InChI=1S/C26H26F4O/c1-25(2,27)24(20-14-16-21(17-15-20)26(28,29)30)13-7-9-19-8-6-12-23(18-19)31-22-10-4-3-5-11-22/h3-6,8,10-12,14-18,24H,7,9,13H2,1-2H3. The van der Waals surface area contributed by atoms with Crippen molar-refractivity contribution in [3.05, 3.63) is 95.6 Å². The summed E-state index contributed by atoms with van der Waals surface area (Å²) in [5, 5.41) is 0. The van der Waals surface area contributed by atoms with Crippen LogP contribution in [0.5, 0.6) is 11.5 Å². The van der Waals surface area contributed by atoms with Crippen molar-refractivity contribution >= 4 is 0 Å². The van der Waals surface area contributed by atoms with Crippen LogP contribution in [-0.4, -0.2) is 5.67 Å². The topological polar surface area (TPSA) is 9.23 Å². The zero-order valence-electron chi connectivity index (χ0n) is 17.6. The van der Waals surface area contributed by atoms with Crippen LogP contribution in [0.3, 0.4) is 0 Å². The van der Waals surface area contributed by atoms with Crippen molar-refractivity contribution in [3.8, 4) is 11.5 Å². The number of halogens is 4. The van der Waals surface area contributed by atoms with Gasteiger partial charge >= 0.3 is 6.18 Å². The lowest BCUT2D eigenvalue weighted by Gasteiger charge is -2.28. The number of hydrogen-bond acceptors (Lipinski definition) is 1. The minimum absolute atomic E-state index is 0.487. The molecule has 0 aliphatic rings. The van der Waals surface area contributed by atoms with E-state index in [1.54, 1.807) is 0 Å². The van der Waals surface area contributed by atoms with Crippen molar-refractivity contribution in [1.29, 1.82) is 0 Å². The fraction of sp³-hybridized carbons (Fsp3) is 0.308. The number of ether oxygens (including phenoxy) is 1. The molecule has 3 aromatic carbocycles. The van der Waals surface area contributed by atoms with Gasteiger partial charge in [-0.3, -0.25) is 0 Å². The summed E-state index contributed by atoms with van der Waals surface area (Å²) in [6.07, 6.45) is -2.45. The fourth-order valence-corrected chi connectivity index (χ4v) is 3.71. The molecule has 3 rings (SSSR count). The third-order valence-corrected chi connectivity index (χ3v) is 5.30. The van der Waals surface area contributed by atoms with E-state index < -0.39 is 23.3 Å². The number of rotatable bonds is 8. The van der Waals surface area contributed by atoms with Crippen LogP contribution in [-0.2, 0) is 12.6 Å². The van der Waals surface area contributed by atoms with E-state index in [1.807, 2.05) is 54.6 Å². The molecule has 0 aliphatic heterocycles. The van der Waals surface area contributed by atoms with Gasteiger partial charge in [-0.2, -0.15) is 13.2 Å². The highest BCUT2D eigenvalue weighted by Gasteiger charge is 2.33. The van der Waals surface area contributed by atoms with Crippen LogP contribution in [0.25, 0.3) is 0 Å². The van der Waals surface area contributed by atoms with Crippen LogP contribution in [0.15, 0.2) is 78.9 Å². The minimum atomic E-state index is -4.40. The molecule has 0 saturated carbocycles. The SMILES string of the molecule is CC(C)(F)C(CCCc1cccc(Oc2ccccc2)c1)c1ccc(C(F)(F)F)cc1. The molecule has 1 unspecified atom stereocenters. The van der Waals surface area contributed by atoms with Crippen molar-refractivity contribution in [2.45, 2.75) is 50.9 Å². The Hall–Kier alpha value is -2.82. The molecule has 0 N–H and O–H groups in total. The van der Waals surface area contributed by atoms with Gasteiger partial charge in [-0.15, -0.1) is 0 Å². The second-order valence-corrected chi connectivity index (χ2v) is 8.19. The van der Waals surface area contributed by atoms with Gasteiger partial charge < -0.3 is 4.74 Å². The Labute approximate surface area is 180 Å². The normalized spacial score (nSPS) is 13.1. The van der Waals surface area contributed by atoms with Gasteiger partial charge in [0.05, 0.1) is 5.56 Å². The summed E-state index contributed by atoms with van der Waals surface area (Å²) >= 11 is 0. The second-order valence-electron chi connectivity index (χ2n) is 8.19. The van der Waals surface area contributed by atoms with Crippen molar-refractivity contribution in [1.82, 2.24) is 0 Å². The van der Waals surface area contributed by atoms with E-state index in [-0.39, 0.29) is 0 Å². The van der Waals surface area contributed by atoms with Gasteiger partial charge in [-0.05, 0) is 80.6 Å². The maximum absolute atomic E-state index is 14.9. The summed E-state index contributed by atoms with van der Waals surface area (Å²) in [7, 11) is 0. The minimum Gasteiger partial charge on any atom is -0.457 e. The molecule has 0 aromatic heterocycles. The third-order valence-electron chi connectivity index (χ3n) is 5.30. The van der Waals surface area contributed by atoms with Gasteiger partial charge in [0.1, 0.15) is 17.2 Å². The summed E-state index contributed by atoms with van der Waals surface area (Å²) in [6.45, 7) is 2.95. The lowest BCUT2D eigenvalue weighted by molar-refractivity contribution is -0.137. The number of benzene rings is 3. The van der Waals surface area contributed by atoms with Crippen LogP contribution >= 0.6 is 0 Å². The lowest BCUT2D eigenvalue weighted by Crippen LogP contribution is -2.24. The van der Waals surface area contributed by atoms with Crippen LogP contribution in [0.4, 0.5) is 17.6 Å². The Morgan fingerprint density at radius 2 is 1.42 bits per heavy atom. The van der Waals surface area contributed by atoms with Gasteiger partial charge in [0, 0.05) is 5.92 Å². The number of para-hydroxylation sites is 1. The van der Waals surface area contributed by atoms with Crippen molar-refractivity contribution in [3.63, 3.8) is 0 Å². The van der Waals surface area contributed by atoms with E-state index >= 15 is 0 Å². The zero-order chi connectivity index (χ0) is 22.5. The molecule has 1 nitrogen and oxygen atoms in total. The molecular formula is C26H26F4O. The highest BCUT2D eigenvalue weighted by Crippen LogP contribution is 2.37. The number of hydrogen-bond donors (Lipinski definition) is 0. The van der Waals surface area contributed by atoms with Crippen LogP contribution in [0.1, 0.15) is 49.3 Å². The Balaban J connectivity index is 1.64. The van der Waals surface area contributed by atoms with Gasteiger partial charge in [0.2, 0.25) is 0 Å². The molecule has 31 heavy (non-hydrogen) atoms. The first-order valence-corrected chi connectivity index (χ1v) is 10.3. The second kappa shape index (κ2) is 9.54. The molecule has 0 heterocycles. The molecule has 0 spiro atoms. The molecule has 0 radical (unpaired) electrons. The summed E-state index contributed by atoms with van der Waals surface area (Å²) in [6, 6.07) is 22.1. The van der Waals surface area contributed by atoms with E-state index in [4.69, 9.17) is 4.74 Å². The molecule has 5 heteroatoms. The van der Waals surface area contributed by atoms with Gasteiger partial charge in [-0.25, -0.2) is 4.39 Å². The summed E-state index contributed by atoms with van der Waals surface area (Å²) in [5.41, 5.74) is -0.613. The lowest BCUT2D eigenvalue weighted by atomic mass is 9.81. The highest BCUT2D eigenvalue weighted by atomic mass is 19.4. The zero-order valence-corrected chi connectivity index (χ0v) is 17.6. The van der Waals surface area contributed by atoms with Crippen LogP contribution in [0, 0.1) is 0 Å². The van der Waals surface area contributed by atoms with Crippen molar-refractivity contribution in [2.75, 3.05) is 0 Å². The molecule has 0 bridgehead atoms. The fourth-order valence-electron chi connectivity index (χ4n) is 3.71. The van der Waals surface area contributed by atoms with Crippen molar-refractivity contribution < 1.29 is 22.3 Å². The maximum Gasteiger partial charge on any atom is 0.416 e. The quantitative estimate of drug-likeness (QED) is 0.326. The highest BCUT2D eigenvalue weighted by molar-refractivity contribution is 5.34. The molecule has 3 aromatic rings. The first kappa shape index (κ1) is 22.9. The van der Waals surface area contributed by atoms with Gasteiger partial charge in [0.25, 0.3) is 0 Å². The largest absolute Gasteiger partial charge is 0.457 e. The summed E-state index contributed by atoms with van der Waals surface area (Å²) in [4.78, 5) is 0. The first-order chi connectivity index (χ1) is 14.6. The molecule has 0 aliphatic carbocycles. The van der Waals surface area contributed by atoms with Gasteiger partial charge in [0.15, 0.2) is 0 Å². The molecule has 1 atom stereocenters. The Kier molecular flexibility index (Phi) is 7.04. The molecule has 0 amide bonds. The van der Waals surface area contributed by atoms with E-state index in [9.17, 15) is 17.6 Å². The van der Waals surface area contributed by atoms with Crippen molar-refractivity contribution in [2.24, 2.45) is 0 Å². The maximum atomic E-state index is 14.9. The monoisotopic (exact) mass is 430 g/mol. The van der Waals surface area contributed by atoms with E-state index in [0.29, 0.717) is 18.4 Å². The smallest absolute Gasteiger partial charge is 0.416 e. The average molecular weight is 430 g/mol. The predicted molar refractivity (Wildman–Crippen MR) is 115 cm³/mol. The third kappa shape index (κ3) is 6.58. The Morgan fingerprint density at radius 3 is 2.03 bits per heavy atom. The Bertz CT molecular complexity index is 957. The number of aryl methyl sites for hydroxylation is 1.